The molecule has 8 heteroatoms. The van der Waals surface area contributed by atoms with Crippen molar-refractivity contribution in [1.82, 2.24) is 18.7 Å². The van der Waals surface area contributed by atoms with E-state index in [0.29, 0.717) is 29.2 Å². The Kier molecular flexibility index (Phi) is 4.55. The molecule has 0 amide bonds. The molecule has 0 saturated heterocycles. The number of aliphatic hydroxyl groups excluding tert-OH is 1. The second kappa shape index (κ2) is 6.62. The molecule has 1 N–H and O–H groups in total. The van der Waals surface area contributed by atoms with E-state index in [4.69, 9.17) is 16.7 Å². The third-order valence-corrected chi connectivity index (χ3v) is 4.16. The van der Waals surface area contributed by atoms with Gasteiger partial charge in [-0.25, -0.2) is 9.78 Å². The first kappa shape index (κ1) is 16.5. The Morgan fingerprint density at radius 2 is 1.92 bits per heavy atom. The highest BCUT2D eigenvalue weighted by atomic mass is 35.5. The molecule has 0 fully saturated rings. The third kappa shape index (κ3) is 2.88. The second-order valence-electron chi connectivity index (χ2n) is 5.55. The molecule has 0 aliphatic heterocycles. The summed E-state index contributed by atoms with van der Waals surface area (Å²) in [6, 6.07) is 7.32. The molecule has 0 saturated carbocycles. The van der Waals surface area contributed by atoms with Crippen LogP contribution in [0.2, 0.25) is 5.02 Å². The Morgan fingerprint density at radius 3 is 2.58 bits per heavy atom. The van der Waals surface area contributed by atoms with Crippen LogP contribution in [-0.2, 0) is 20.1 Å². The van der Waals surface area contributed by atoms with Crippen LogP contribution >= 0.6 is 11.6 Å². The van der Waals surface area contributed by atoms with Gasteiger partial charge in [-0.05, 0) is 24.1 Å². The van der Waals surface area contributed by atoms with Crippen LogP contribution in [0.3, 0.4) is 0 Å². The zero-order valence-corrected chi connectivity index (χ0v) is 13.9. The number of aromatic nitrogens is 4. The van der Waals surface area contributed by atoms with Gasteiger partial charge in [-0.3, -0.25) is 13.9 Å². The molecular formula is C16H17ClN4O3. The van der Waals surface area contributed by atoms with Crippen molar-refractivity contribution < 1.29 is 5.11 Å². The van der Waals surface area contributed by atoms with Crippen molar-refractivity contribution in [2.24, 2.45) is 7.05 Å². The van der Waals surface area contributed by atoms with E-state index in [1.54, 1.807) is 30.1 Å². The van der Waals surface area contributed by atoms with Crippen LogP contribution in [0.1, 0.15) is 12.0 Å². The molecule has 0 spiro atoms. The van der Waals surface area contributed by atoms with E-state index in [2.05, 4.69) is 4.98 Å². The van der Waals surface area contributed by atoms with Crippen LogP contribution in [-0.4, -0.2) is 30.4 Å². The Bertz CT molecular complexity index is 985. The lowest BCUT2D eigenvalue weighted by Gasteiger charge is -2.09. The summed E-state index contributed by atoms with van der Waals surface area (Å²) >= 11 is 5.89. The number of aryl methyl sites for hydroxylation is 1. The van der Waals surface area contributed by atoms with Gasteiger partial charge in [0.2, 0.25) is 0 Å². The summed E-state index contributed by atoms with van der Waals surface area (Å²) in [5.41, 5.74) is 0.851. The minimum atomic E-state index is -0.433. The predicted molar refractivity (Wildman–Crippen MR) is 91.5 cm³/mol. The predicted octanol–water partition coefficient (Wildman–Crippen LogP) is 0.981. The lowest BCUT2D eigenvalue weighted by Crippen LogP contribution is -2.39. The molecule has 0 unspecified atom stereocenters. The Balaban J connectivity index is 2.13. The SMILES string of the molecule is Cn1c(=O)n(CCCO)c(=O)c2c1ncn2Cc1ccc(Cl)cc1. The van der Waals surface area contributed by atoms with Gasteiger partial charge >= 0.3 is 5.69 Å². The fourth-order valence-electron chi connectivity index (χ4n) is 2.65. The molecular weight excluding hydrogens is 332 g/mol. The van der Waals surface area contributed by atoms with Crippen molar-refractivity contribution in [1.29, 1.82) is 0 Å². The minimum absolute atomic E-state index is 0.0856. The van der Waals surface area contributed by atoms with Gasteiger partial charge in [-0.2, -0.15) is 0 Å². The van der Waals surface area contributed by atoms with Gasteiger partial charge in [0.05, 0.1) is 6.33 Å². The number of halogens is 1. The highest BCUT2D eigenvalue weighted by Gasteiger charge is 2.16. The number of hydrogen-bond donors (Lipinski definition) is 1. The van der Waals surface area contributed by atoms with E-state index in [1.807, 2.05) is 12.1 Å². The molecule has 1 aromatic carbocycles. The third-order valence-electron chi connectivity index (χ3n) is 3.91. The van der Waals surface area contributed by atoms with E-state index in [-0.39, 0.29) is 13.2 Å². The maximum Gasteiger partial charge on any atom is 0.332 e. The topological polar surface area (TPSA) is 82.0 Å². The Hall–Kier alpha value is -2.38. The molecule has 3 rings (SSSR count). The normalized spacial score (nSPS) is 11.3. The van der Waals surface area contributed by atoms with Gasteiger partial charge in [-0.1, -0.05) is 23.7 Å². The average Bonchev–Trinajstić information content (AvgIpc) is 2.99. The molecule has 2 aromatic heterocycles. The number of benzene rings is 1. The van der Waals surface area contributed by atoms with Crippen LogP contribution in [0.25, 0.3) is 11.2 Å². The zero-order valence-electron chi connectivity index (χ0n) is 13.1. The smallest absolute Gasteiger partial charge is 0.332 e. The largest absolute Gasteiger partial charge is 0.396 e. The lowest BCUT2D eigenvalue weighted by molar-refractivity contribution is 0.277. The van der Waals surface area contributed by atoms with Crippen LogP contribution in [0, 0.1) is 0 Å². The molecule has 0 radical (unpaired) electrons. The molecule has 126 valence electrons. The second-order valence-corrected chi connectivity index (χ2v) is 5.98. The molecule has 2 heterocycles. The number of fused-ring (bicyclic) bond motifs is 1. The number of aliphatic hydroxyl groups is 1. The highest BCUT2D eigenvalue weighted by molar-refractivity contribution is 6.30. The number of imidazole rings is 1. The van der Waals surface area contributed by atoms with Crippen LogP contribution in [0.15, 0.2) is 40.2 Å². The standard InChI is InChI=1S/C16H17ClN4O3/c1-19-14-13(15(23)21(16(19)24)7-2-8-22)20(10-18-14)9-11-3-5-12(17)6-4-11/h3-6,10,22H,2,7-9H2,1H3. The first-order valence-corrected chi connectivity index (χ1v) is 7.90. The number of nitrogens with zero attached hydrogens (tertiary/aromatic N) is 4. The van der Waals surface area contributed by atoms with E-state index >= 15 is 0 Å². The van der Waals surface area contributed by atoms with Crippen molar-refractivity contribution >= 4 is 22.8 Å². The van der Waals surface area contributed by atoms with E-state index in [1.165, 1.54) is 4.57 Å². The van der Waals surface area contributed by atoms with E-state index in [9.17, 15) is 9.59 Å². The highest BCUT2D eigenvalue weighted by Crippen LogP contribution is 2.13. The van der Waals surface area contributed by atoms with Crippen molar-refractivity contribution in [2.75, 3.05) is 6.61 Å². The van der Waals surface area contributed by atoms with E-state index in [0.717, 1.165) is 10.1 Å². The van der Waals surface area contributed by atoms with Gasteiger partial charge in [0.25, 0.3) is 5.56 Å². The molecule has 7 nitrogen and oxygen atoms in total. The molecule has 0 bridgehead atoms. The van der Waals surface area contributed by atoms with Crippen LogP contribution in [0.4, 0.5) is 0 Å². The molecule has 24 heavy (non-hydrogen) atoms. The lowest BCUT2D eigenvalue weighted by atomic mass is 10.2. The maximum atomic E-state index is 12.7. The van der Waals surface area contributed by atoms with Gasteiger partial charge in [0.15, 0.2) is 11.2 Å². The van der Waals surface area contributed by atoms with Crippen LogP contribution < -0.4 is 11.2 Å². The summed E-state index contributed by atoms with van der Waals surface area (Å²) < 4.78 is 4.21. The summed E-state index contributed by atoms with van der Waals surface area (Å²) in [7, 11) is 1.58. The summed E-state index contributed by atoms with van der Waals surface area (Å²) in [6.07, 6.45) is 1.89. The molecule has 0 atom stereocenters. The summed E-state index contributed by atoms with van der Waals surface area (Å²) in [5, 5.41) is 9.61. The summed E-state index contributed by atoms with van der Waals surface area (Å²) in [5.74, 6) is 0. The Labute approximate surface area is 142 Å². The quantitative estimate of drug-likeness (QED) is 0.745. The average molecular weight is 349 g/mol. The fourth-order valence-corrected chi connectivity index (χ4v) is 2.78. The van der Waals surface area contributed by atoms with Crippen molar-refractivity contribution in [2.45, 2.75) is 19.5 Å². The molecule has 0 aliphatic carbocycles. The number of hydrogen-bond acceptors (Lipinski definition) is 4. The van der Waals surface area contributed by atoms with Crippen molar-refractivity contribution in [3.63, 3.8) is 0 Å². The first-order valence-electron chi connectivity index (χ1n) is 7.53. The first-order chi connectivity index (χ1) is 11.5. The zero-order chi connectivity index (χ0) is 17.3. The van der Waals surface area contributed by atoms with Crippen molar-refractivity contribution in [3.05, 3.63) is 62.0 Å². The maximum absolute atomic E-state index is 12.7. The number of rotatable bonds is 5. The van der Waals surface area contributed by atoms with Crippen molar-refractivity contribution in [3.8, 4) is 0 Å². The monoisotopic (exact) mass is 348 g/mol. The van der Waals surface area contributed by atoms with Gasteiger partial charge in [0.1, 0.15) is 0 Å². The molecule has 3 aromatic rings. The van der Waals surface area contributed by atoms with Gasteiger partial charge in [0, 0.05) is 31.8 Å². The molecule has 0 aliphatic rings. The van der Waals surface area contributed by atoms with Crippen LogP contribution in [0.5, 0.6) is 0 Å². The Morgan fingerprint density at radius 1 is 1.21 bits per heavy atom. The van der Waals surface area contributed by atoms with Gasteiger partial charge in [-0.15, -0.1) is 0 Å². The van der Waals surface area contributed by atoms with Gasteiger partial charge < -0.3 is 9.67 Å². The van der Waals surface area contributed by atoms with E-state index < -0.39 is 11.2 Å². The fraction of sp³-hybridized carbons (Fsp3) is 0.312. The summed E-state index contributed by atoms with van der Waals surface area (Å²) in [4.78, 5) is 29.2. The minimum Gasteiger partial charge on any atom is -0.396 e. The summed E-state index contributed by atoms with van der Waals surface area (Å²) in [6.45, 7) is 0.531.